The Morgan fingerprint density at radius 2 is 1.60 bits per heavy atom. The molecule has 232 valence electrons. The number of allylic oxidation sites excluding steroid dienone is 2. The monoisotopic (exact) mass is 588 g/mol. The molecule has 7 heteroatoms. The molecule has 2 amide bonds. The predicted octanol–water partition coefficient (Wildman–Crippen LogP) is 5.31. The fraction of sp³-hybridized carbons (Fsp3) is 0.528. The van der Waals surface area contributed by atoms with E-state index in [-0.39, 0.29) is 49.4 Å². The van der Waals surface area contributed by atoms with Crippen molar-refractivity contribution in [3.8, 4) is 0 Å². The Balaban J connectivity index is 1.44. The summed E-state index contributed by atoms with van der Waals surface area (Å²) in [6.45, 7) is -0.0429. The number of aliphatic hydroxyl groups is 1. The van der Waals surface area contributed by atoms with Crippen molar-refractivity contribution >= 4 is 17.8 Å². The van der Waals surface area contributed by atoms with E-state index >= 15 is 0 Å². The Labute approximate surface area is 256 Å². The second kappa shape index (κ2) is 17.6. The standard InChI is InChI=1S/C36H48N2O5/c39-25-32(22-28-15-7-2-8-16-28)37-34(40)24-30-19-11-4-12-20-31(21-27-13-5-1-6-14-27)36(42)43-26-33(38-35(30)41)23-29-17-9-3-10-18-29/h1-2,4-8,11,13-16,29-33,39H,3,9-10,12,17-26H2,(H,37,40)(H,38,41)/t30-,31-,32+,33+/m1/s1. The molecule has 0 saturated heterocycles. The summed E-state index contributed by atoms with van der Waals surface area (Å²) in [5.41, 5.74) is 2.12. The van der Waals surface area contributed by atoms with Crippen LogP contribution >= 0.6 is 0 Å². The van der Waals surface area contributed by atoms with Crippen LogP contribution in [0.5, 0.6) is 0 Å². The van der Waals surface area contributed by atoms with Gasteiger partial charge in [0.1, 0.15) is 6.61 Å². The van der Waals surface area contributed by atoms with Crippen LogP contribution in [0, 0.1) is 17.8 Å². The van der Waals surface area contributed by atoms with Crippen molar-refractivity contribution < 1.29 is 24.2 Å². The molecular formula is C36H48N2O5. The zero-order chi connectivity index (χ0) is 30.3. The van der Waals surface area contributed by atoms with E-state index in [1.165, 1.54) is 19.3 Å². The number of hydrogen-bond donors (Lipinski definition) is 3. The van der Waals surface area contributed by atoms with Crippen LogP contribution in [0.3, 0.4) is 0 Å². The van der Waals surface area contributed by atoms with Crippen LogP contribution in [-0.2, 0) is 32.0 Å². The zero-order valence-electron chi connectivity index (χ0n) is 25.3. The lowest BCUT2D eigenvalue weighted by molar-refractivity contribution is -0.150. The SMILES string of the molecule is O=C(C[C@H]1CC=CCC[C@H](Cc2ccccc2)C(=O)OC[C@H](CC2CCCCC2)NC1=O)N[C@H](CO)Cc1ccccc1. The molecule has 1 heterocycles. The minimum absolute atomic E-state index is 0.0219. The van der Waals surface area contributed by atoms with Gasteiger partial charge in [-0.3, -0.25) is 14.4 Å². The van der Waals surface area contributed by atoms with Gasteiger partial charge < -0.3 is 20.5 Å². The molecule has 1 aliphatic carbocycles. The summed E-state index contributed by atoms with van der Waals surface area (Å²) >= 11 is 0. The van der Waals surface area contributed by atoms with E-state index < -0.39 is 12.0 Å². The fourth-order valence-corrected chi connectivity index (χ4v) is 6.34. The molecule has 2 aliphatic rings. The van der Waals surface area contributed by atoms with E-state index in [4.69, 9.17) is 4.74 Å². The molecule has 4 rings (SSSR count). The van der Waals surface area contributed by atoms with E-state index in [2.05, 4.69) is 10.6 Å². The molecule has 2 aromatic rings. The highest BCUT2D eigenvalue weighted by atomic mass is 16.5. The smallest absolute Gasteiger partial charge is 0.309 e. The lowest BCUT2D eigenvalue weighted by Gasteiger charge is -2.28. The Kier molecular flexibility index (Phi) is 13.3. The molecule has 0 bridgehead atoms. The number of rotatable bonds is 10. The molecule has 43 heavy (non-hydrogen) atoms. The third-order valence-electron chi connectivity index (χ3n) is 8.76. The van der Waals surface area contributed by atoms with Crippen LogP contribution in [0.25, 0.3) is 0 Å². The van der Waals surface area contributed by atoms with Crippen molar-refractivity contribution in [3.63, 3.8) is 0 Å². The minimum atomic E-state index is -0.558. The number of nitrogens with one attached hydrogen (secondary N) is 2. The molecule has 0 spiro atoms. The molecule has 7 nitrogen and oxygen atoms in total. The lowest BCUT2D eigenvalue weighted by Crippen LogP contribution is -2.45. The molecule has 0 unspecified atom stereocenters. The van der Waals surface area contributed by atoms with Gasteiger partial charge in [-0.2, -0.15) is 0 Å². The molecule has 1 saturated carbocycles. The van der Waals surface area contributed by atoms with E-state index in [1.807, 2.05) is 72.8 Å². The van der Waals surface area contributed by atoms with Gasteiger partial charge in [0.25, 0.3) is 0 Å². The number of carbonyl (C=O) groups excluding carboxylic acids is 3. The van der Waals surface area contributed by atoms with Gasteiger partial charge in [-0.25, -0.2) is 0 Å². The average molecular weight is 589 g/mol. The van der Waals surface area contributed by atoms with Gasteiger partial charge in [0.2, 0.25) is 11.8 Å². The Bertz CT molecular complexity index is 1160. The Morgan fingerprint density at radius 1 is 0.907 bits per heavy atom. The van der Waals surface area contributed by atoms with Gasteiger partial charge >= 0.3 is 5.97 Å². The topological polar surface area (TPSA) is 105 Å². The van der Waals surface area contributed by atoms with Gasteiger partial charge in [0.15, 0.2) is 0 Å². The number of benzene rings is 2. The normalized spacial score (nSPS) is 23.1. The van der Waals surface area contributed by atoms with E-state index in [0.717, 1.165) is 30.4 Å². The van der Waals surface area contributed by atoms with Crippen molar-refractivity contribution in [1.29, 1.82) is 0 Å². The third kappa shape index (κ3) is 11.3. The fourth-order valence-electron chi connectivity index (χ4n) is 6.34. The molecule has 1 fully saturated rings. The van der Waals surface area contributed by atoms with Crippen LogP contribution in [0.1, 0.15) is 75.3 Å². The van der Waals surface area contributed by atoms with Gasteiger partial charge in [0.05, 0.1) is 30.5 Å². The summed E-state index contributed by atoms with van der Waals surface area (Å²) in [6, 6.07) is 19.0. The number of esters is 1. The predicted molar refractivity (Wildman–Crippen MR) is 168 cm³/mol. The maximum absolute atomic E-state index is 13.6. The maximum Gasteiger partial charge on any atom is 0.309 e. The van der Waals surface area contributed by atoms with E-state index in [1.54, 1.807) is 0 Å². The molecular weight excluding hydrogens is 540 g/mol. The van der Waals surface area contributed by atoms with E-state index in [9.17, 15) is 19.5 Å². The first-order chi connectivity index (χ1) is 21.0. The summed E-state index contributed by atoms with van der Waals surface area (Å²) in [5, 5.41) is 16.0. The summed E-state index contributed by atoms with van der Waals surface area (Å²) in [4.78, 5) is 40.0. The number of hydrogen-bond acceptors (Lipinski definition) is 5. The van der Waals surface area contributed by atoms with Crippen LogP contribution in [0.15, 0.2) is 72.8 Å². The molecule has 0 aromatic heterocycles. The molecule has 0 radical (unpaired) electrons. The quantitative estimate of drug-likeness (QED) is 0.258. The first kappa shape index (κ1) is 32.5. The highest BCUT2D eigenvalue weighted by Crippen LogP contribution is 2.28. The van der Waals surface area contributed by atoms with Crippen LogP contribution < -0.4 is 10.6 Å². The third-order valence-corrected chi connectivity index (χ3v) is 8.76. The first-order valence-electron chi connectivity index (χ1n) is 16.1. The number of cyclic esters (lactones) is 1. The van der Waals surface area contributed by atoms with E-state index in [0.29, 0.717) is 38.0 Å². The van der Waals surface area contributed by atoms with Crippen molar-refractivity contribution in [1.82, 2.24) is 10.6 Å². The molecule has 2 aromatic carbocycles. The van der Waals surface area contributed by atoms with Crippen molar-refractivity contribution in [2.75, 3.05) is 13.2 Å². The highest BCUT2D eigenvalue weighted by Gasteiger charge is 2.29. The maximum atomic E-state index is 13.6. The molecule has 1 aliphatic heterocycles. The second-order valence-corrected chi connectivity index (χ2v) is 12.3. The Hall–Kier alpha value is -3.45. The van der Waals surface area contributed by atoms with Crippen molar-refractivity contribution in [2.24, 2.45) is 17.8 Å². The second-order valence-electron chi connectivity index (χ2n) is 12.3. The minimum Gasteiger partial charge on any atom is -0.463 e. The first-order valence-corrected chi connectivity index (χ1v) is 16.1. The number of ether oxygens (including phenoxy) is 1. The summed E-state index contributed by atoms with van der Waals surface area (Å²) in [6.07, 6.45) is 13.5. The summed E-state index contributed by atoms with van der Waals surface area (Å²) in [5.74, 6) is -1.01. The van der Waals surface area contributed by atoms with Crippen molar-refractivity contribution in [3.05, 3.63) is 83.9 Å². The van der Waals surface area contributed by atoms with Gasteiger partial charge in [-0.15, -0.1) is 0 Å². The summed E-state index contributed by atoms with van der Waals surface area (Å²) < 4.78 is 5.90. The number of amides is 2. The average Bonchev–Trinajstić information content (AvgIpc) is 3.03. The van der Waals surface area contributed by atoms with Crippen LogP contribution in [0.2, 0.25) is 0 Å². The van der Waals surface area contributed by atoms with Crippen LogP contribution in [0.4, 0.5) is 0 Å². The highest BCUT2D eigenvalue weighted by molar-refractivity contribution is 5.86. The van der Waals surface area contributed by atoms with Crippen molar-refractivity contribution in [2.45, 2.75) is 89.1 Å². The number of carbonyl (C=O) groups is 3. The van der Waals surface area contributed by atoms with Gasteiger partial charge in [-0.05, 0) is 55.6 Å². The largest absolute Gasteiger partial charge is 0.463 e. The molecule has 4 atom stereocenters. The van der Waals surface area contributed by atoms with Gasteiger partial charge in [0, 0.05) is 6.42 Å². The Morgan fingerprint density at radius 3 is 2.30 bits per heavy atom. The van der Waals surface area contributed by atoms with Gasteiger partial charge in [-0.1, -0.05) is 105 Å². The van der Waals surface area contributed by atoms with Crippen LogP contribution in [-0.4, -0.2) is 48.2 Å². The number of aliphatic hydroxyl groups excluding tert-OH is 1. The molecule has 3 N–H and O–H groups in total. The lowest BCUT2D eigenvalue weighted by atomic mass is 9.84. The summed E-state index contributed by atoms with van der Waals surface area (Å²) in [7, 11) is 0. The zero-order valence-corrected chi connectivity index (χ0v) is 25.3.